The van der Waals surface area contributed by atoms with Crippen molar-refractivity contribution in [1.29, 1.82) is 0 Å². The molecule has 0 aromatic rings. The van der Waals surface area contributed by atoms with Crippen LogP contribution < -0.4 is 5.32 Å². The van der Waals surface area contributed by atoms with E-state index in [0.29, 0.717) is 19.3 Å². The first-order valence-electron chi connectivity index (χ1n) is 7.17. The van der Waals surface area contributed by atoms with Gasteiger partial charge in [-0.2, -0.15) is 0 Å². The van der Waals surface area contributed by atoms with Crippen LogP contribution in [0.2, 0.25) is 0 Å². The molecular weight excluding hydrogens is 246 g/mol. The number of aliphatic hydroxyl groups excluding tert-OH is 1. The van der Waals surface area contributed by atoms with Crippen LogP contribution in [-0.2, 0) is 9.59 Å². The Kier molecular flexibility index (Phi) is 6.28. The van der Waals surface area contributed by atoms with E-state index in [2.05, 4.69) is 5.32 Å². The van der Waals surface area contributed by atoms with Gasteiger partial charge in [0.15, 0.2) is 0 Å². The Bertz CT molecular complexity index is 305. The Morgan fingerprint density at radius 2 is 1.79 bits per heavy atom. The monoisotopic (exact) mass is 271 g/mol. The number of hydrogen-bond donors (Lipinski definition) is 3. The second-order valence-electron chi connectivity index (χ2n) is 5.53. The topological polar surface area (TPSA) is 86.6 Å². The number of rotatable bonds is 6. The van der Waals surface area contributed by atoms with Gasteiger partial charge in [-0.05, 0) is 19.3 Å². The number of hydrogen-bond acceptors (Lipinski definition) is 3. The molecule has 5 heteroatoms. The van der Waals surface area contributed by atoms with E-state index in [1.807, 2.05) is 6.92 Å². The van der Waals surface area contributed by atoms with Crippen LogP contribution >= 0.6 is 0 Å². The van der Waals surface area contributed by atoms with E-state index in [-0.39, 0.29) is 25.0 Å². The molecule has 1 fully saturated rings. The molecule has 0 aliphatic heterocycles. The summed E-state index contributed by atoms with van der Waals surface area (Å²) in [5.74, 6) is -1.12. The predicted molar refractivity (Wildman–Crippen MR) is 71.7 cm³/mol. The number of carbonyl (C=O) groups excluding carboxylic acids is 1. The Labute approximate surface area is 114 Å². The molecule has 0 saturated heterocycles. The first-order valence-corrected chi connectivity index (χ1v) is 7.17. The van der Waals surface area contributed by atoms with Crippen LogP contribution in [0.25, 0.3) is 0 Å². The zero-order chi connectivity index (χ0) is 14.3. The van der Waals surface area contributed by atoms with Crippen LogP contribution in [-0.4, -0.2) is 34.7 Å². The van der Waals surface area contributed by atoms with Gasteiger partial charge in [-0.1, -0.05) is 32.6 Å². The number of amides is 1. The lowest BCUT2D eigenvalue weighted by Crippen LogP contribution is -2.42. The van der Waals surface area contributed by atoms with E-state index in [1.54, 1.807) is 0 Å². The third-order valence-electron chi connectivity index (χ3n) is 4.09. The van der Waals surface area contributed by atoms with Crippen molar-refractivity contribution in [1.82, 2.24) is 5.32 Å². The summed E-state index contributed by atoms with van der Waals surface area (Å²) in [5.41, 5.74) is -0.908. The van der Waals surface area contributed by atoms with Crippen molar-refractivity contribution in [2.24, 2.45) is 5.41 Å². The van der Waals surface area contributed by atoms with E-state index < -0.39 is 11.4 Å². The SMILES string of the molecule is CC[C@@H](CO)NC(=O)CC1(C(=O)O)CCCCCC1. The summed E-state index contributed by atoms with van der Waals surface area (Å²) in [6.07, 6.45) is 5.65. The van der Waals surface area contributed by atoms with Crippen molar-refractivity contribution in [3.05, 3.63) is 0 Å². The van der Waals surface area contributed by atoms with Crippen LogP contribution in [0.1, 0.15) is 58.3 Å². The van der Waals surface area contributed by atoms with E-state index in [1.165, 1.54) is 0 Å². The van der Waals surface area contributed by atoms with Gasteiger partial charge in [0.25, 0.3) is 0 Å². The second-order valence-corrected chi connectivity index (χ2v) is 5.53. The molecular formula is C14H25NO4. The van der Waals surface area contributed by atoms with Crippen molar-refractivity contribution >= 4 is 11.9 Å². The van der Waals surface area contributed by atoms with E-state index >= 15 is 0 Å². The van der Waals surface area contributed by atoms with Crippen LogP contribution in [0, 0.1) is 5.41 Å². The summed E-state index contributed by atoms with van der Waals surface area (Å²) < 4.78 is 0. The zero-order valence-electron chi connectivity index (χ0n) is 11.7. The Morgan fingerprint density at radius 3 is 2.21 bits per heavy atom. The Hall–Kier alpha value is -1.10. The number of carboxylic acids is 1. The summed E-state index contributed by atoms with van der Waals surface area (Å²) in [6.45, 7) is 1.77. The molecule has 0 aromatic heterocycles. The van der Waals surface area contributed by atoms with Crippen molar-refractivity contribution in [3.63, 3.8) is 0 Å². The summed E-state index contributed by atoms with van der Waals surface area (Å²) in [5, 5.41) is 21.3. The molecule has 0 heterocycles. The molecule has 5 nitrogen and oxygen atoms in total. The lowest BCUT2D eigenvalue weighted by atomic mass is 9.77. The quantitative estimate of drug-likeness (QED) is 0.642. The minimum absolute atomic E-state index is 0.0266. The Morgan fingerprint density at radius 1 is 1.21 bits per heavy atom. The molecule has 0 unspecified atom stereocenters. The first kappa shape index (κ1) is 16.0. The Balaban J connectivity index is 2.67. The van der Waals surface area contributed by atoms with Gasteiger partial charge >= 0.3 is 5.97 Å². The van der Waals surface area contributed by atoms with Gasteiger partial charge in [-0.15, -0.1) is 0 Å². The molecule has 0 aromatic carbocycles. The van der Waals surface area contributed by atoms with Gasteiger partial charge < -0.3 is 15.5 Å². The van der Waals surface area contributed by atoms with Crippen molar-refractivity contribution < 1.29 is 19.8 Å². The first-order chi connectivity index (χ1) is 9.04. The van der Waals surface area contributed by atoms with Crippen molar-refractivity contribution in [3.8, 4) is 0 Å². The third kappa shape index (κ3) is 4.49. The molecule has 0 bridgehead atoms. The third-order valence-corrected chi connectivity index (χ3v) is 4.09. The maximum Gasteiger partial charge on any atom is 0.310 e. The van der Waals surface area contributed by atoms with E-state index in [9.17, 15) is 14.7 Å². The number of nitrogens with one attached hydrogen (secondary N) is 1. The maximum atomic E-state index is 12.0. The molecule has 1 aliphatic carbocycles. The number of carboxylic acid groups (broad SMARTS) is 1. The van der Waals surface area contributed by atoms with E-state index in [0.717, 1.165) is 25.7 Å². The normalized spacial score (nSPS) is 20.3. The zero-order valence-corrected chi connectivity index (χ0v) is 11.7. The van der Waals surface area contributed by atoms with Gasteiger partial charge in [0, 0.05) is 6.42 Å². The van der Waals surface area contributed by atoms with Gasteiger partial charge in [-0.25, -0.2) is 0 Å². The molecule has 1 atom stereocenters. The van der Waals surface area contributed by atoms with Gasteiger partial charge in [0.05, 0.1) is 18.1 Å². The standard InChI is InChI=1S/C14H25NO4/c1-2-11(10-16)15-12(17)9-14(13(18)19)7-5-3-4-6-8-14/h11,16H,2-10H2,1H3,(H,15,17)(H,18,19)/t11-/m0/s1. The summed E-state index contributed by atoms with van der Waals surface area (Å²) >= 11 is 0. The summed E-state index contributed by atoms with van der Waals surface area (Å²) in [7, 11) is 0. The fourth-order valence-corrected chi connectivity index (χ4v) is 2.73. The molecule has 3 N–H and O–H groups in total. The maximum absolute atomic E-state index is 12.0. The van der Waals surface area contributed by atoms with Crippen LogP contribution in [0.3, 0.4) is 0 Å². The molecule has 1 rings (SSSR count). The summed E-state index contributed by atoms with van der Waals surface area (Å²) in [6, 6.07) is -0.274. The fourth-order valence-electron chi connectivity index (χ4n) is 2.73. The summed E-state index contributed by atoms with van der Waals surface area (Å²) in [4.78, 5) is 23.5. The highest BCUT2D eigenvalue weighted by Gasteiger charge is 2.40. The highest BCUT2D eigenvalue weighted by molar-refractivity contribution is 5.85. The second kappa shape index (κ2) is 7.48. The number of aliphatic hydroxyl groups is 1. The van der Waals surface area contributed by atoms with Crippen molar-refractivity contribution in [2.45, 2.75) is 64.3 Å². The molecule has 1 saturated carbocycles. The smallest absolute Gasteiger partial charge is 0.310 e. The minimum atomic E-state index is -0.908. The average Bonchev–Trinajstić information content (AvgIpc) is 2.62. The molecule has 1 aliphatic rings. The number of aliphatic carboxylic acids is 1. The largest absolute Gasteiger partial charge is 0.481 e. The van der Waals surface area contributed by atoms with Gasteiger partial charge in [0.2, 0.25) is 5.91 Å². The minimum Gasteiger partial charge on any atom is -0.481 e. The van der Waals surface area contributed by atoms with Gasteiger partial charge in [-0.3, -0.25) is 9.59 Å². The van der Waals surface area contributed by atoms with Gasteiger partial charge in [0.1, 0.15) is 0 Å². The molecule has 19 heavy (non-hydrogen) atoms. The lowest BCUT2D eigenvalue weighted by molar-refractivity contribution is -0.153. The molecule has 0 radical (unpaired) electrons. The van der Waals surface area contributed by atoms with Crippen molar-refractivity contribution in [2.75, 3.05) is 6.61 Å². The lowest BCUT2D eigenvalue weighted by Gasteiger charge is -2.28. The predicted octanol–water partition coefficient (Wildman–Crippen LogP) is 1.69. The average molecular weight is 271 g/mol. The number of carbonyl (C=O) groups is 2. The highest BCUT2D eigenvalue weighted by Crippen LogP contribution is 2.38. The molecule has 110 valence electrons. The molecule has 0 spiro atoms. The van der Waals surface area contributed by atoms with Crippen LogP contribution in [0.5, 0.6) is 0 Å². The van der Waals surface area contributed by atoms with E-state index in [4.69, 9.17) is 5.11 Å². The highest BCUT2D eigenvalue weighted by atomic mass is 16.4. The molecule has 1 amide bonds. The fraction of sp³-hybridized carbons (Fsp3) is 0.857. The van der Waals surface area contributed by atoms with Crippen LogP contribution in [0.4, 0.5) is 0 Å². The van der Waals surface area contributed by atoms with Crippen LogP contribution in [0.15, 0.2) is 0 Å².